The molecule has 0 radical (unpaired) electrons. The summed E-state index contributed by atoms with van der Waals surface area (Å²) in [5, 5.41) is 12.6. The highest BCUT2D eigenvalue weighted by Crippen LogP contribution is 2.36. The minimum Gasteiger partial charge on any atom is -0.483 e. The lowest BCUT2D eigenvalue weighted by Crippen LogP contribution is -2.61. The average Bonchev–Trinajstić information content (AvgIpc) is 3.42. The molecule has 1 spiro atoms. The average molecular weight is 564 g/mol. The van der Waals surface area contributed by atoms with Gasteiger partial charge in [0.15, 0.2) is 16.5 Å². The van der Waals surface area contributed by atoms with Crippen LogP contribution < -0.4 is 15.5 Å². The van der Waals surface area contributed by atoms with Crippen LogP contribution in [-0.4, -0.2) is 51.2 Å². The molecule has 0 unspecified atom stereocenters. The Kier molecular flexibility index (Phi) is 6.93. The van der Waals surface area contributed by atoms with E-state index in [1.807, 2.05) is 34.9 Å². The van der Waals surface area contributed by atoms with Crippen LogP contribution in [0.2, 0.25) is 0 Å². The lowest BCUT2D eigenvalue weighted by atomic mass is 9.84. The fraction of sp³-hybridized carbons (Fsp3) is 0.310. The monoisotopic (exact) mass is 563 g/mol. The van der Waals surface area contributed by atoms with Crippen LogP contribution >= 0.6 is 11.3 Å². The fourth-order valence-corrected chi connectivity index (χ4v) is 6.31. The number of nitrogens with one attached hydrogen (secondary N) is 1. The number of aromatic nitrogens is 3. The number of benzene rings is 2. The van der Waals surface area contributed by atoms with Crippen LogP contribution in [0.5, 0.6) is 5.75 Å². The van der Waals surface area contributed by atoms with Gasteiger partial charge in [0.1, 0.15) is 23.2 Å². The zero-order valence-corrected chi connectivity index (χ0v) is 22.6. The SMILES string of the molecule is CN1C(=O)c2c(OCc3ccccc3)c(=O)c(-c3nnc(Cc4ccc(F)cc4F)s3)cn2CC12CCNCC2. The molecule has 4 heterocycles. The predicted octanol–water partition coefficient (Wildman–Crippen LogP) is 4.02. The standard InChI is InChI=1S/C29H27F2N5O3S/c1-35-28(38)24-26(39-16-18-5-3-2-4-6-18)25(37)21(15-36(24)17-29(35)9-11-32-12-10-29)27-34-33-23(40-27)13-19-7-8-20(30)14-22(19)31/h2-8,14-15,32H,9-13,16-17H2,1H3. The van der Waals surface area contributed by atoms with E-state index in [-0.39, 0.29) is 47.0 Å². The summed E-state index contributed by atoms with van der Waals surface area (Å²) in [5.74, 6) is -1.61. The molecule has 11 heteroatoms. The molecule has 2 aromatic heterocycles. The van der Waals surface area contributed by atoms with Crippen LogP contribution in [0.1, 0.15) is 39.5 Å². The molecule has 1 saturated heterocycles. The summed E-state index contributed by atoms with van der Waals surface area (Å²) in [4.78, 5) is 29.4. The van der Waals surface area contributed by atoms with Gasteiger partial charge in [0, 0.05) is 32.3 Å². The number of carbonyl (C=O) groups is 1. The Morgan fingerprint density at radius 1 is 1.07 bits per heavy atom. The highest BCUT2D eigenvalue weighted by molar-refractivity contribution is 7.14. The Bertz CT molecular complexity index is 1630. The summed E-state index contributed by atoms with van der Waals surface area (Å²) in [5.41, 5.74) is 0.772. The Morgan fingerprint density at radius 3 is 2.60 bits per heavy atom. The Morgan fingerprint density at radius 2 is 1.85 bits per heavy atom. The molecule has 0 saturated carbocycles. The summed E-state index contributed by atoms with van der Waals surface area (Å²) in [6.45, 7) is 2.20. The van der Waals surface area contributed by atoms with Crippen molar-refractivity contribution in [2.75, 3.05) is 20.1 Å². The Labute approximate surface area is 233 Å². The molecular formula is C29H27F2N5O3S. The van der Waals surface area contributed by atoms with Gasteiger partial charge in [-0.3, -0.25) is 9.59 Å². The van der Waals surface area contributed by atoms with Gasteiger partial charge in [-0.2, -0.15) is 0 Å². The number of halogens is 2. The third-order valence-electron chi connectivity index (χ3n) is 7.74. The van der Waals surface area contributed by atoms with Crippen LogP contribution in [0.15, 0.2) is 59.5 Å². The third kappa shape index (κ3) is 4.79. The van der Waals surface area contributed by atoms with Crippen molar-refractivity contribution < 1.29 is 18.3 Å². The third-order valence-corrected chi connectivity index (χ3v) is 8.69. The lowest BCUT2D eigenvalue weighted by molar-refractivity contribution is 0.0283. The summed E-state index contributed by atoms with van der Waals surface area (Å²) in [7, 11) is 1.79. The van der Waals surface area contributed by atoms with Crippen LogP contribution in [0.25, 0.3) is 10.6 Å². The number of fused-ring (bicyclic) bond motifs is 1. The van der Waals surface area contributed by atoms with Crippen molar-refractivity contribution in [3.63, 3.8) is 0 Å². The molecule has 1 N–H and O–H groups in total. The second-order valence-electron chi connectivity index (χ2n) is 10.2. The molecule has 1 fully saturated rings. The number of nitrogens with zero attached hydrogens (tertiary/aromatic N) is 4. The number of ether oxygens (including phenoxy) is 1. The van der Waals surface area contributed by atoms with E-state index in [1.54, 1.807) is 18.1 Å². The molecule has 2 aliphatic rings. The summed E-state index contributed by atoms with van der Waals surface area (Å²) in [6.07, 6.45) is 3.34. The number of pyridine rings is 1. The molecule has 0 aliphatic carbocycles. The molecule has 0 bridgehead atoms. The van der Waals surface area contributed by atoms with Crippen molar-refractivity contribution in [1.29, 1.82) is 0 Å². The smallest absolute Gasteiger partial charge is 0.274 e. The minimum atomic E-state index is -0.669. The zero-order chi connectivity index (χ0) is 27.9. The van der Waals surface area contributed by atoms with E-state index in [9.17, 15) is 18.4 Å². The van der Waals surface area contributed by atoms with Crippen LogP contribution in [0.3, 0.4) is 0 Å². The second-order valence-corrected chi connectivity index (χ2v) is 11.3. The first kappa shape index (κ1) is 26.3. The number of amides is 1. The Hall–Kier alpha value is -3.96. The highest BCUT2D eigenvalue weighted by Gasteiger charge is 2.45. The molecule has 2 aliphatic heterocycles. The molecule has 2 aromatic carbocycles. The first-order valence-corrected chi connectivity index (χ1v) is 13.9. The maximum atomic E-state index is 14.2. The first-order valence-electron chi connectivity index (χ1n) is 13.0. The summed E-state index contributed by atoms with van der Waals surface area (Å²) in [6, 6.07) is 12.8. The maximum Gasteiger partial charge on any atom is 0.274 e. The summed E-state index contributed by atoms with van der Waals surface area (Å²) < 4.78 is 35.5. The second kappa shape index (κ2) is 10.5. The Balaban J connectivity index is 1.41. The van der Waals surface area contributed by atoms with Gasteiger partial charge in [-0.05, 0) is 43.1 Å². The molecule has 4 aromatic rings. The van der Waals surface area contributed by atoms with Crippen LogP contribution in [0, 0.1) is 11.6 Å². The number of carbonyl (C=O) groups excluding carboxylic acids is 1. The van der Waals surface area contributed by atoms with Crippen LogP contribution in [0.4, 0.5) is 8.78 Å². The van der Waals surface area contributed by atoms with Crippen molar-refractivity contribution >= 4 is 17.2 Å². The van der Waals surface area contributed by atoms with Gasteiger partial charge in [0.25, 0.3) is 5.91 Å². The van der Waals surface area contributed by atoms with Gasteiger partial charge in [0.05, 0.1) is 11.1 Å². The van der Waals surface area contributed by atoms with Crippen molar-refractivity contribution in [2.45, 2.75) is 38.0 Å². The number of hydrogen-bond donors (Lipinski definition) is 1. The fourth-order valence-electron chi connectivity index (χ4n) is 5.44. The lowest BCUT2D eigenvalue weighted by Gasteiger charge is -2.48. The molecule has 0 atom stereocenters. The molecule has 206 valence electrons. The zero-order valence-electron chi connectivity index (χ0n) is 21.8. The van der Waals surface area contributed by atoms with Gasteiger partial charge in [0.2, 0.25) is 5.43 Å². The van der Waals surface area contributed by atoms with E-state index in [4.69, 9.17) is 4.74 Å². The number of hydrogen-bond acceptors (Lipinski definition) is 7. The molecule has 1 amide bonds. The van der Waals surface area contributed by atoms with Crippen LogP contribution in [-0.2, 0) is 19.6 Å². The molecule has 6 rings (SSSR count). The van der Waals surface area contributed by atoms with E-state index in [0.29, 0.717) is 16.6 Å². The van der Waals surface area contributed by atoms with E-state index < -0.39 is 17.1 Å². The first-order chi connectivity index (χ1) is 19.3. The van der Waals surface area contributed by atoms with E-state index in [0.717, 1.165) is 48.9 Å². The van der Waals surface area contributed by atoms with Gasteiger partial charge < -0.3 is 19.5 Å². The molecular weight excluding hydrogens is 536 g/mol. The van der Waals surface area contributed by atoms with Gasteiger partial charge in [-0.25, -0.2) is 8.78 Å². The molecule has 40 heavy (non-hydrogen) atoms. The van der Waals surface area contributed by atoms with Crippen molar-refractivity contribution in [3.8, 4) is 16.3 Å². The van der Waals surface area contributed by atoms with Crippen molar-refractivity contribution in [2.24, 2.45) is 0 Å². The topological polar surface area (TPSA) is 89.3 Å². The minimum absolute atomic E-state index is 0.0247. The maximum absolute atomic E-state index is 14.2. The normalized spacial score (nSPS) is 16.3. The predicted molar refractivity (Wildman–Crippen MR) is 146 cm³/mol. The largest absolute Gasteiger partial charge is 0.483 e. The van der Waals surface area contributed by atoms with E-state index >= 15 is 0 Å². The summed E-state index contributed by atoms with van der Waals surface area (Å²) >= 11 is 1.15. The van der Waals surface area contributed by atoms with Crippen molar-refractivity contribution in [3.05, 3.63) is 98.4 Å². The number of rotatable bonds is 6. The number of likely N-dealkylation sites (N-methyl/N-ethyl adjacent to an activating group) is 1. The van der Waals surface area contributed by atoms with Crippen molar-refractivity contribution in [1.82, 2.24) is 25.0 Å². The van der Waals surface area contributed by atoms with E-state index in [1.165, 1.54) is 12.1 Å². The van der Waals surface area contributed by atoms with E-state index in [2.05, 4.69) is 15.5 Å². The quantitative estimate of drug-likeness (QED) is 0.381. The van der Waals surface area contributed by atoms with Gasteiger partial charge in [-0.1, -0.05) is 47.7 Å². The number of piperidine rings is 1. The molecule has 8 nitrogen and oxygen atoms in total. The van der Waals surface area contributed by atoms with Gasteiger partial charge >= 0.3 is 0 Å². The van der Waals surface area contributed by atoms with Gasteiger partial charge in [-0.15, -0.1) is 10.2 Å². The highest BCUT2D eigenvalue weighted by atomic mass is 32.1.